The molecule has 1 fully saturated rings. The lowest BCUT2D eigenvalue weighted by Crippen LogP contribution is -2.40. The van der Waals surface area contributed by atoms with Gasteiger partial charge in [0.05, 0.1) is 31.5 Å². The molecule has 200 valence electrons. The molecular formula is C25H23F6NO5. The van der Waals surface area contributed by atoms with Gasteiger partial charge in [0.25, 0.3) is 0 Å². The van der Waals surface area contributed by atoms with Gasteiger partial charge < -0.3 is 23.9 Å². The summed E-state index contributed by atoms with van der Waals surface area (Å²) in [6.45, 7) is 0.860. The fourth-order valence-corrected chi connectivity index (χ4v) is 4.64. The van der Waals surface area contributed by atoms with E-state index in [0.717, 1.165) is 6.07 Å². The average molecular weight is 531 g/mol. The Labute approximate surface area is 207 Å². The molecule has 3 aromatic rings. The topological polar surface area (TPSA) is 72.1 Å². The van der Waals surface area contributed by atoms with Crippen molar-refractivity contribution in [3.8, 4) is 22.8 Å². The number of hydrogen-bond donors (Lipinski definition) is 1. The van der Waals surface area contributed by atoms with E-state index in [-0.39, 0.29) is 40.6 Å². The summed E-state index contributed by atoms with van der Waals surface area (Å²) in [6.07, 6.45) is -10.7. The predicted molar refractivity (Wildman–Crippen MR) is 122 cm³/mol. The van der Waals surface area contributed by atoms with Gasteiger partial charge >= 0.3 is 12.4 Å². The van der Waals surface area contributed by atoms with E-state index in [2.05, 4.69) is 0 Å². The van der Waals surface area contributed by atoms with Crippen LogP contribution < -0.4 is 14.9 Å². The minimum atomic E-state index is -5.08. The Hall–Kier alpha value is -3.25. The monoisotopic (exact) mass is 531 g/mol. The maximum atomic E-state index is 13.4. The second-order valence-corrected chi connectivity index (χ2v) is 8.89. The molecule has 0 bridgehead atoms. The number of benzene rings is 2. The largest absolute Gasteiger partial charge is 0.496 e. The summed E-state index contributed by atoms with van der Waals surface area (Å²) in [7, 11) is 4.44. The molecule has 6 nitrogen and oxygen atoms in total. The van der Waals surface area contributed by atoms with Crippen LogP contribution in [0.4, 0.5) is 26.3 Å². The molecule has 0 saturated carbocycles. The van der Waals surface area contributed by atoms with Crippen LogP contribution in [0.15, 0.2) is 39.5 Å². The van der Waals surface area contributed by atoms with E-state index in [1.165, 1.54) is 20.3 Å². The van der Waals surface area contributed by atoms with E-state index < -0.39 is 52.3 Å². The van der Waals surface area contributed by atoms with Crippen molar-refractivity contribution in [2.24, 2.45) is 0 Å². The molecule has 0 radical (unpaired) electrons. The fourth-order valence-electron chi connectivity index (χ4n) is 4.64. The smallest absolute Gasteiger partial charge is 0.416 e. The maximum absolute atomic E-state index is 13.4. The van der Waals surface area contributed by atoms with E-state index in [1.807, 2.05) is 11.9 Å². The maximum Gasteiger partial charge on any atom is 0.416 e. The van der Waals surface area contributed by atoms with Crippen LogP contribution in [0.1, 0.15) is 29.0 Å². The summed E-state index contributed by atoms with van der Waals surface area (Å²) in [5.74, 6) is -0.866. The lowest BCUT2D eigenvalue weighted by Gasteiger charge is -2.34. The number of fused-ring (bicyclic) bond motifs is 1. The van der Waals surface area contributed by atoms with Gasteiger partial charge in [-0.2, -0.15) is 26.3 Å². The highest BCUT2D eigenvalue weighted by molar-refractivity contribution is 5.90. The highest BCUT2D eigenvalue weighted by atomic mass is 19.4. The second-order valence-electron chi connectivity index (χ2n) is 8.89. The van der Waals surface area contributed by atoms with Crippen molar-refractivity contribution in [3.05, 3.63) is 57.2 Å². The summed E-state index contributed by atoms with van der Waals surface area (Å²) in [5.41, 5.74) is -4.29. The van der Waals surface area contributed by atoms with Crippen LogP contribution in [-0.2, 0) is 12.4 Å². The number of hydrogen-bond acceptors (Lipinski definition) is 6. The molecule has 0 aliphatic carbocycles. The molecule has 0 amide bonds. The Kier molecular flexibility index (Phi) is 6.93. The van der Waals surface area contributed by atoms with Crippen molar-refractivity contribution >= 4 is 11.0 Å². The number of methoxy groups -OCH3 is 2. The van der Waals surface area contributed by atoms with Gasteiger partial charge in [-0.15, -0.1) is 0 Å². The Morgan fingerprint density at radius 1 is 0.946 bits per heavy atom. The van der Waals surface area contributed by atoms with Crippen molar-refractivity contribution in [1.82, 2.24) is 4.90 Å². The minimum Gasteiger partial charge on any atom is -0.496 e. The summed E-state index contributed by atoms with van der Waals surface area (Å²) in [6, 6.07) is 3.23. The van der Waals surface area contributed by atoms with Crippen LogP contribution in [0.5, 0.6) is 11.5 Å². The fraction of sp³-hybridized carbons (Fsp3) is 0.400. The van der Waals surface area contributed by atoms with Crippen molar-refractivity contribution in [2.75, 3.05) is 34.4 Å². The summed E-state index contributed by atoms with van der Waals surface area (Å²) >= 11 is 0. The molecule has 2 heterocycles. The molecule has 1 N–H and O–H groups in total. The average Bonchev–Trinajstić information content (AvgIpc) is 2.82. The van der Waals surface area contributed by atoms with Gasteiger partial charge in [-0.25, -0.2) is 0 Å². The van der Waals surface area contributed by atoms with Crippen molar-refractivity contribution in [2.45, 2.75) is 30.8 Å². The number of aliphatic hydroxyl groups is 1. The number of aliphatic hydroxyl groups excluding tert-OH is 1. The van der Waals surface area contributed by atoms with Crippen LogP contribution in [0.2, 0.25) is 0 Å². The highest BCUT2D eigenvalue weighted by Gasteiger charge is 2.38. The number of alkyl halides is 6. The molecule has 1 aliphatic rings. The quantitative estimate of drug-likeness (QED) is 0.461. The second kappa shape index (κ2) is 9.56. The van der Waals surface area contributed by atoms with E-state index in [0.29, 0.717) is 25.1 Å². The van der Waals surface area contributed by atoms with Crippen molar-refractivity contribution in [1.29, 1.82) is 0 Å². The summed E-state index contributed by atoms with van der Waals surface area (Å²) < 4.78 is 97.3. The van der Waals surface area contributed by atoms with Crippen molar-refractivity contribution in [3.63, 3.8) is 0 Å². The van der Waals surface area contributed by atoms with Crippen molar-refractivity contribution < 1.29 is 45.3 Å². The van der Waals surface area contributed by atoms with Crippen LogP contribution >= 0.6 is 0 Å². The molecule has 1 aromatic heterocycles. The Morgan fingerprint density at radius 3 is 2.05 bits per heavy atom. The predicted octanol–water partition coefficient (Wildman–Crippen LogP) is 5.29. The van der Waals surface area contributed by atoms with Crippen LogP contribution in [-0.4, -0.2) is 50.5 Å². The Morgan fingerprint density at radius 2 is 1.54 bits per heavy atom. The molecule has 4 rings (SSSR count). The zero-order chi connectivity index (χ0) is 27.3. The molecule has 12 heteroatoms. The molecule has 2 aromatic carbocycles. The van der Waals surface area contributed by atoms with Crippen LogP contribution in [0.25, 0.3) is 22.3 Å². The number of rotatable bonds is 4. The molecule has 1 saturated heterocycles. The van der Waals surface area contributed by atoms with Gasteiger partial charge in [-0.05, 0) is 38.2 Å². The van der Waals surface area contributed by atoms with Crippen LogP contribution in [0.3, 0.4) is 0 Å². The highest BCUT2D eigenvalue weighted by Crippen LogP contribution is 2.44. The zero-order valence-electron chi connectivity index (χ0n) is 20.0. The first-order chi connectivity index (χ1) is 17.2. The van der Waals surface area contributed by atoms with E-state index in [4.69, 9.17) is 13.9 Å². The SMILES string of the molecule is COc1cc(OC)c2c(=O)cc(-c3cc(C(F)(F)F)cc(C(F)(F)F)c3)oc2c1[C@H]1CCN(C)C[C@H]1O. The lowest BCUT2D eigenvalue weighted by molar-refractivity contribution is -0.143. The number of likely N-dealkylation sites (tertiary alicyclic amines) is 1. The van der Waals surface area contributed by atoms with E-state index in [1.54, 1.807) is 0 Å². The number of halogens is 6. The summed E-state index contributed by atoms with van der Waals surface area (Å²) in [4.78, 5) is 15.1. The number of β-amino-alcohol motifs (C(OH)–C–C–N with tert-alkyl or cyclic N) is 1. The number of nitrogens with zero attached hydrogens (tertiary/aromatic N) is 1. The van der Waals surface area contributed by atoms with E-state index >= 15 is 0 Å². The Bertz CT molecular complexity index is 1350. The molecule has 0 unspecified atom stereocenters. The first-order valence-electron chi connectivity index (χ1n) is 11.1. The van der Waals surface area contributed by atoms with Gasteiger partial charge in [0, 0.05) is 35.7 Å². The van der Waals surface area contributed by atoms with Gasteiger partial charge in [-0.3, -0.25) is 4.79 Å². The van der Waals surface area contributed by atoms with Gasteiger partial charge in [0.15, 0.2) is 5.43 Å². The number of piperidine rings is 1. The van der Waals surface area contributed by atoms with E-state index in [9.17, 15) is 36.2 Å². The van der Waals surface area contributed by atoms with Gasteiger partial charge in [-0.1, -0.05) is 0 Å². The van der Waals surface area contributed by atoms with Gasteiger partial charge in [0.2, 0.25) is 0 Å². The first-order valence-corrected chi connectivity index (χ1v) is 11.1. The standard InChI is InChI=1S/C25H23F6NO5/c1-32-5-4-15(17(34)11-32)21-19(35-2)10-20(36-3)22-16(33)9-18(37-23(21)22)12-6-13(24(26,27)28)8-14(7-12)25(29,30)31/h6-10,15,17,34H,4-5,11H2,1-3H3/t15-,17+/m0/s1. The first kappa shape index (κ1) is 26.8. The normalized spacial score (nSPS) is 19.3. The molecule has 37 heavy (non-hydrogen) atoms. The minimum absolute atomic E-state index is 0.00494. The third-order valence-corrected chi connectivity index (χ3v) is 6.43. The zero-order valence-corrected chi connectivity index (χ0v) is 20.0. The third-order valence-electron chi connectivity index (χ3n) is 6.43. The third kappa shape index (κ3) is 5.12. The molecular weight excluding hydrogens is 508 g/mol. The van der Waals surface area contributed by atoms with Gasteiger partial charge in [0.1, 0.15) is 28.2 Å². The molecule has 0 spiro atoms. The molecule has 1 aliphatic heterocycles. The Balaban J connectivity index is 2.05. The molecule has 2 atom stereocenters. The summed E-state index contributed by atoms with van der Waals surface area (Å²) in [5, 5.41) is 10.7. The number of likely N-dealkylation sites (N-methyl/N-ethyl adjacent to an activating group) is 1. The number of ether oxygens (including phenoxy) is 2. The van der Waals surface area contributed by atoms with Crippen LogP contribution in [0, 0.1) is 0 Å². The lowest BCUT2D eigenvalue weighted by atomic mass is 9.85.